The van der Waals surface area contributed by atoms with E-state index in [0.29, 0.717) is 39.9 Å². The second-order valence-corrected chi connectivity index (χ2v) is 5.32. The third kappa shape index (κ3) is 2.97. The Balaban J connectivity index is 2.13. The number of aromatic hydroxyl groups is 1. The lowest BCUT2D eigenvalue weighted by molar-refractivity contribution is 0.324. The van der Waals surface area contributed by atoms with Crippen LogP contribution in [0.1, 0.15) is 0 Å². The van der Waals surface area contributed by atoms with Gasteiger partial charge in [0.2, 0.25) is 5.75 Å². The molecule has 0 fully saturated rings. The van der Waals surface area contributed by atoms with Gasteiger partial charge >= 0.3 is 0 Å². The highest BCUT2D eigenvalue weighted by molar-refractivity contribution is 5.81. The van der Waals surface area contributed by atoms with E-state index in [1.54, 1.807) is 51.7 Å². The first-order valence-corrected chi connectivity index (χ1v) is 7.71. The summed E-state index contributed by atoms with van der Waals surface area (Å²) in [7, 11) is 6.13. The van der Waals surface area contributed by atoms with Crippen molar-refractivity contribution in [3.63, 3.8) is 0 Å². The van der Waals surface area contributed by atoms with Gasteiger partial charge in [0.25, 0.3) is 0 Å². The van der Waals surface area contributed by atoms with Crippen molar-refractivity contribution in [2.75, 3.05) is 28.4 Å². The van der Waals surface area contributed by atoms with Crippen LogP contribution in [0.25, 0.3) is 22.5 Å². The number of benzene rings is 2. The van der Waals surface area contributed by atoms with Crippen LogP contribution in [-0.2, 0) is 0 Å². The SMILES string of the molecule is COc1ccc(-c2n[nH]nc2-c2cc(OC)c(OC)c(OC)c2)cc1O. The molecule has 26 heavy (non-hydrogen) atoms. The summed E-state index contributed by atoms with van der Waals surface area (Å²) in [6.07, 6.45) is 0. The smallest absolute Gasteiger partial charge is 0.203 e. The summed E-state index contributed by atoms with van der Waals surface area (Å²) in [6, 6.07) is 8.59. The zero-order chi connectivity index (χ0) is 18.7. The van der Waals surface area contributed by atoms with Crippen molar-refractivity contribution in [2.45, 2.75) is 0 Å². The van der Waals surface area contributed by atoms with Crippen molar-refractivity contribution in [3.8, 4) is 51.3 Å². The van der Waals surface area contributed by atoms with E-state index in [2.05, 4.69) is 15.4 Å². The van der Waals surface area contributed by atoms with Gasteiger partial charge in [-0.3, -0.25) is 0 Å². The Bertz CT molecular complexity index is 898. The first-order valence-electron chi connectivity index (χ1n) is 7.71. The summed E-state index contributed by atoms with van der Waals surface area (Å²) in [5.41, 5.74) is 2.55. The van der Waals surface area contributed by atoms with Crippen LogP contribution in [0.3, 0.4) is 0 Å². The maximum absolute atomic E-state index is 10.0. The number of aromatic amines is 1. The second-order valence-electron chi connectivity index (χ2n) is 5.32. The van der Waals surface area contributed by atoms with Crippen LogP contribution in [0.15, 0.2) is 30.3 Å². The van der Waals surface area contributed by atoms with Crippen LogP contribution < -0.4 is 18.9 Å². The molecule has 1 aromatic heterocycles. The van der Waals surface area contributed by atoms with E-state index in [1.165, 1.54) is 7.11 Å². The quantitative estimate of drug-likeness (QED) is 0.700. The number of hydrogen-bond donors (Lipinski definition) is 2. The van der Waals surface area contributed by atoms with Crippen molar-refractivity contribution in [1.29, 1.82) is 0 Å². The molecule has 8 nitrogen and oxygen atoms in total. The predicted octanol–water partition coefficient (Wildman–Crippen LogP) is 2.88. The summed E-state index contributed by atoms with van der Waals surface area (Å²) >= 11 is 0. The molecule has 0 saturated heterocycles. The molecule has 0 aliphatic rings. The lowest BCUT2D eigenvalue weighted by Crippen LogP contribution is -1.96. The van der Waals surface area contributed by atoms with Gasteiger partial charge in [0.05, 0.1) is 28.4 Å². The van der Waals surface area contributed by atoms with Gasteiger partial charge in [-0.1, -0.05) is 0 Å². The molecule has 2 N–H and O–H groups in total. The van der Waals surface area contributed by atoms with Gasteiger partial charge in [-0.05, 0) is 30.3 Å². The summed E-state index contributed by atoms with van der Waals surface area (Å²) < 4.78 is 21.2. The van der Waals surface area contributed by atoms with E-state index in [-0.39, 0.29) is 5.75 Å². The van der Waals surface area contributed by atoms with Crippen LogP contribution in [0.5, 0.6) is 28.7 Å². The molecule has 0 saturated carbocycles. The van der Waals surface area contributed by atoms with Crippen LogP contribution in [0, 0.1) is 0 Å². The molecule has 0 amide bonds. The van der Waals surface area contributed by atoms with Crippen LogP contribution in [0.4, 0.5) is 0 Å². The normalized spacial score (nSPS) is 10.5. The van der Waals surface area contributed by atoms with Gasteiger partial charge in [-0.2, -0.15) is 15.4 Å². The average molecular weight is 357 g/mol. The molecular weight excluding hydrogens is 338 g/mol. The van der Waals surface area contributed by atoms with Gasteiger partial charge in [0, 0.05) is 11.1 Å². The van der Waals surface area contributed by atoms with Crippen LogP contribution >= 0.6 is 0 Å². The fourth-order valence-corrected chi connectivity index (χ4v) is 2.69. The standard InChI is InChI=1S/C18H19N3O5/c1-23-13-6-5-10(7-12(13)22)16-17(20-21-19-16)11-8-14(24-2)18(26-4)15(9-11)25-3/h5-9,22H,1-4H3,(H,19,20,21). The highest BCUT2D eigenvalue weighted by Gasteiger charge is 2.19. The number of ether oxygens (including phenoxy) is 4. The number of nitrogens with one attached hydrogen (secondary N) is 1. The molecule has 0 bridgehead atoms. The van der Waals surface area contributed by atoms with E-state index < -0.39 is 0 Å². The van der Waals surface area contributed by atoms with E-state index in [9.17, 15) is 5.11 Å². The van der Waals surface area contributed by atoms with Crippen molar-refractivity contribution in [2.24, 2.45) is 0 Å². The lowest BCUT2D eigenvalue weighted by atomic mass is 10.0. The van der Waals surface area contributed by atoms with Gasteiger partial charge in [0.1, 0.15) is 11.4 Å². The zero-order valence-electron chi connectivity index (χ0n) is 14.9. The molecule has 3 aromatic rings. The Morgan fingerprint density at radius 2 is 1.31 bits per heavy atom. The monoisotopic (exact) mass is 357 g/mol. The Morgan fingerprint density at radius 3 is 1.81 bits per heavy atom. The fourth-order valence-electron chi connectivity index (χ4n) is 2.69. The van der Waals surface area contributed by atoms with E-state index in [0.717, 1.165) is 5.56 Å². The number of hydrogen-bond acceptors (Lipinski definition) is 7. The number of phenolic OH excluding ortho intramolecular Hbond substituents is 1. The van der Waals surface area contributed by atoms with Crippen molar-refractivity contribution < 1.29 is 24.1 Å². The van der Waals surface area contributed by atoms with Gasteiger partial charge in [-0.15, -0.1) is 0 Å². The number of methoxy groups -OCH3 is 4. The second kappa shape index (κ2) is 7.22. The first-order chi connectivity index (χ1) is 12.6. The molecular formula is C18H19N3O5. The maximum Gasteiger partial charge on any atom is 0.203 e. The molecule has 2 aromatic carbocycles. The van der Waals surface area contributed by atoms with Gasteiger partial charge in [-0.25, -0.2) is 0 Å². The minimum atomic E-state index is 0.0174. The molecule has 0 unspecified atom stereocenters. The molecule has 0 aliphatic carbocycles. The molecule has 0 spiro atoms. The molecule has 0 atom stereocenters. The largest absolute Gasteiger partial charge is 0.504 e. The van der Waals surface area contributed by atoms with E-state index >= 15 is 0 Å². The van der Waals surface area contributed by atoms with Crippen LogP contribution in [0.2, 0.25) is 0 Å². The van der Waals surface area contributed by atoms with Crippen molar-refractivity contribution in [1.82, 2.24) is 15.4 Å². The maximum atomic E-state index is 10.0. The minimum Gasteiger partial charge on any atom is -0.504 e. The van der Waals surface area contributed by atoms with E-state index in [4.69, 9.17) is 18.9 Å². The topological polar surface area (TPSA) is 98.7 Å². The summed E-state index contributed by atoms with van der Waals surface area (Å²) in [5, 5.41) is 21.1. The minimum absolute atomic E-state index is 0.0174. The number of aromatic nitrogens is 3. The summed E-state index contributed by atoms with van der Waals surface area (Å²) in [5.74, 6) is 1.91. The molecule has 0 radical (unpaired) electrons. The van der Waals surface area contributed by atoms with Crippen LogP contribution in [-0.4, -0.2) is 49.0 Å². The first kappa shape index (κ1) is 17.4. The zero-order valence-corrected chi connectivity index (χ0v) is 14.9. The molecule has 3 rings (SSSR count). The third-order valence-electron chi connectivity index (χ3n) is 3.94. The Labute approximate surface area is 150 Å². The number of phenols is 1. The summed E-state index contributed by atoms with van der Waals surface area (Å²) in [4.78, 5) is 0. The predicted molar refractivity (Wildman–Crippen MR) is 95.1 cm³/mol. The Morgan fingerprint density at radius 1 is 0.731 bits per heavy atom. The van der Waals surface area contributed by atoms with E-state index in [1.807, 2.05) is 0 Å². The third-order valence-corrected chi connectivity index (χ3v) is 3.94. The molecule has 0 aliphatic heterocycles. The average Bonchev–Trinajstić information content (AvgIpc) is 3.16. The highest BCUT2D eigenvalue weighted by atomic mass is 16.5. The summed E-state index contributed by atoms with van der Waals surface area (Å²) in [6.45, 7) is 0. The Hall–Kier alpha value is -3.42. The number of rotatable bonds is 6. The fraction of sp³-hybridized carbons (Fsp3) is 0.222. The van der Waals surface area contributed by atoms with Crippen molar-refractivity contribution in [3.05, 3.63) is 30.3 Å². The Kier molecular flexibility index (Phi) is 4.83. The molecule has 1 heterocycles. The van der Waals surface area contributed by atoms with Crippen molar-refractivity contribution >= 4 is 0 Å². The lowest BCUT2D eigenvalue weighted by Gasteiger charge is -2.13. The molecule has 136 valence electrons. The number of H-pyrrole nitrogens is 1. The number of nitrogens with zero attached hydrogens (tertiary/aromatic N) is 2. The van der Waals surface area contributed by atoms with Gasteiger partial charge < -0.3 is 24.1 Å². The molecule has 8 heteroatoms. The highest BCUT2D eigenvalue weighted by Crippen LogP contribution is 2.42. The van der Waals surface area contributed by atoms with Gasteiger partial charge in [0.15, 0.2) is 23.0 Å².